The van der Waals surface area contributed by atoms with Crippen LogP contribution in [0.4, 0.5) is 0 Å². The van der Waals surface area contributed by atoms with Crippen molar-refractivity contribution in [2.24, 2.45) is 0 Å². The molecular formula is C11H23NO2S. The summed E-state index contributed by atoms with van der Waals surface area (Å²) in [5.41, 5.74) is 0. The van der Waals surface area contributed by atoms with Crippen LogP contribution in [0.3, 0.4) is 0 Å². The fourth-order valence-electron chi connectivity index (χ4n) is 2.05. The molecule has 1 aliphatic carbocycles. The lowest BCUT2D eigenvalue weighted by molar-refractivity contribution is 0.0918. The third kappa shape index (κ3) is 5.76. The fourth-order valence-corrected chi connectivity index (χ4v) is 2.87. The van der Waals surface area contributed by atoms with Crippen molar-refractivity contribution in [3.05, 3.63) is 0 Å². The van der Waals surface area contributed by atoms with Crippen LogP contribution in [0.5, 0.6) is 0 Å². The lowest BCUT2D eigenvalue weighted by atomic mass is 9.95. The van der Waals surface area contributed by atoms with Gasteiger partial charge >= 0.3 is 0 Å². The molecule has 1 rings (SSSR count). The molecule has 1 aliphatic rings. The van der Waals surface area contributed by atoms with Crippen molar-refractivity contribution in [1.29, 1.82) is 0 Å². The Morgan fingerprint density at radius 3 is 3.00 bits per heavy atom. The van der Waals surface area contributed by atoms with E-state index in [9.17, 15) is 0 Å². The Morgan fingerprint density at radius 1 is 1.40 bits per heavy atom. The third-order valence-electron chi connectivity index (χ3n) is 2.87. The van der Waals surface area contributed by atoms with E-state index in [1.165, 1.54) is 25.7 Å². The van der Waals surface area contributed by atoms with Crippen molar-refractivity contribution in [3.8, 4) is 0 Å². The van der Waals surface area contributed by atoms with E-state index in [-0.39, 0.29) is 6.61 Å². The second kappa shape index (κ2) is 8.39. The summed E-state index contributed by atoms with van der Waals surface area (Å²) < 4.78 is 5.21. The summed E-state index contributed by atoms with van der Waals surface area (Å²) >= 11 is 1.99. The molecule has 0 aromatic rings. The summed E-state index contributed by atoms with van der Waals surface area (Å²) in [6.07, 6.45) is 7.52. The molecule has 0 aliphatic heterocycles. The molecule has 2 atom stereocenters. The Hall–Kier alpha value is 0.230. The van der Waals surface area contributed by atoms with E-state index in [2.05, 4.69) is 11.6 Å². The first-order valence-corrected chi connectivity index (χ1v) is 7.10. The highest BCUT2D eigenvalue weighted by Gasteiger charge is 2.20. The molecule has 1 fully saturated rings. The van der Waals surface area contributed by atoms with Crippen LogP contribution in [0.25, 0.3) is 0 Å². The molecule has 15 heavy (non-hydrogen) atoms. The van der Waals surface area contributed by atoms with Crippen LogP contribution >= 0.6 is 11.8 Å². The van der Waals surface area contributed by atoms with Gasteiger partial charge in [-0.25, -0.2) is 0 Å². The van der Waals surface area contributed by atoms with E-state index in [1.54, 1.807) is 0 Å². The summed E-state index contributed by atoms with van der Waals surface area (Å²) in [6.45, 7) is 2.20. The number of ether oxygens (including phenoxy) is 1. The highest BCUT2D eigenvalue weighted by Crippen LogP contribution is 2.26. The first-order chi connectivity index (χ1) is 7.36. The van der Waals surface area contributed by atoms with E-state index < -0.39 is 0 Å². The van der Waals surface area contributed by atoms with E-state index >= 15 is 0 Å². The Kier molecular flexibility index (Phi) is 7.44. The van der Waals surface area contributed by atoms with E-state index in [0.29, 0.717) is 19.3 Å². The van der Waals surface area contributed by atoms with Gasteiger partial charge in [0.1, 0.15) is 0 Å². The zero-order chi connectivity index (χ0) is 10.9. The van der Waals surface area contributed by atoms with Crippen molar-refractivity contribution >= 4 is 11.8 Å². The van der Waals surface area contributed by atoms with Gasteiger partial charge in [-0.2, -0.15) is 11.8 Å². The molecule has 3 nitrogen and oxygen atoms in total. The van der Waals surface area contributed by atoms with E-state index in [1.807, 2.05) is 11.8 Å². The van der Waals surface area contributed by atoms with Gasteiger partial charge in [-0.05, 0) is 25.5 Å². The van der Waals surface area contributed by atoms with E-state index in [4.69, 9.17) is 9.84 Å². The van der Waals surface area contributed by atoms with Gasteiger partial charge in [-0.15, -0.1) is 0 Å². The molecule has 0 spiro atoms. The Labute approximate surface area is 97.0 Å². The van der Waals surface area contributed by atoms with Gasteiger partial charge in [0.05, 0.1) is 19.8 Å². The van der Waals surface area contributed by atoms with Crippen LogP contribution in [-0.4, -0.2) is 49.0 Å². The van der Waals surface area contributed by atoms with Gasteiger partial charge in [0, 0.05) is 17.8 Å². The van der Waals surface area contributed by atoms with Crippen molar-refractivity contribution in [2.75, 3.05) is 32.6 Å². The van der Waals surface area contributed by atoms with Gasteiger partial charge in [-0.3, -0.25) is 0 Å². The van der Waals surface area contributed by atoms with Gasteiger partial charge in [0.25, 0.3) is 0 Å². The highest BCUT2D eigenvalue weighted by molar-refractivity contribution is 7.99. The van der Waals surface area contributed by atoms with Crippen LogP contribution in [-0.2, 0) is 4.74 Å². The first-order valence-electron chi connectivity index (χ1n) is 5.81. The van der Waals surface area contributed by atoms with Gasteiger partial charge in [0.2, 0.25) is 0 Å². The number of aliphatic hydroxyl groups is 1. The smallest absolute Gasteiger partial charge is 0.0698 e. The predicted molar refractivity (Wildman–Crippen MR) is 65.5 cm³/mol. The normalized spacial score (nSPS) is 26.8. The second-order valence-electron chi connectivity index (χ2n) is 4.01. The maximum Gasteiger partial charge on any atom is 0.0698 e. The average molecular weight is 233 g/mol. The van der Waals surface area contributed by atoms with Crippen molar-refractivity contribution in [3.63, 3.8) is 0 Å². The summed E-state index contributed by atoms with van der Waals surface area (Å²) in [7, 11) is 0. The molecule has 0 aromatic carbocycles. The maximum atomic E-state index is 8.53. The molecule has 0 saturated heterocycles. The molecule has 2 N–H and O–H groups in total. The highest BCUT2D eigenvalue weighted by atomic mass is 32.2. The Morgan fingerprint density at radius 2 is 2.27 bits per heavy atom. The van der Waals surface area contributed by atoms with Crippen molar-refractivity contribution < 1.29 is 9.84 Å². The van der Waals surface area contributed by atoms with Crippen LogP contribution < -0.4 is 5.32 Å². The third-order valence-corrected chi connectivity index (χ3v) is 3.97. The quantitative estimate of drug-likeness (QED) is 0.650. The first kappa shape index (κ1) is 13.3. The summed E-state index contributed by atoms with van der Waals surface area (Å²) in [5.74, 6) is 0. The molecule has 4 heteroatoms. The number of rotatable bonds is 7. The minimum Gasteiger partial charge on any atom is -0.394 e. The fraction of sp³-hybridized carbons (Fsp3) is 1.00. The average Bonchev–Trinajstić information content (AvgIpc) is 2.29. The lowest BCUT2D eigenvalue weighted by Gasteiger charge is -2.28. The Balaban J connectivity index is 2.00. The zero-order valence-electron chi connectivity index (χ0n) is 9.58. The molecule has 0 bridgehead atoms. The molecule has 2 unspecified atom stereocenters. The number of nitrogens with one attached hydrogen (secondary N) is 1. The van der Waals surface area contributed by atoms with Crippen LogP contribution in [0.1, 0.15) is 25.7 Å². The minimum absolute atomic E-state index is 0.123. The second-order valence-corrected chi connectivity index (χ2v) is 5.15. The number of aliphatic hydroxyl groups excluding tert-OH is 1. The number of hydrogen-bond donors (Lipinski definition) is 2. The minimum atomic E-state index is 0.123. The van der Waals surface area contributed by atoms with Crippen LogP contribution in [0.15, 0.2) is 0 Å². The molecule has 90 valence electrons. The van der Waals surface area contributed by atoms with Gasteiger partial charge < -0.3 is 15.2 Å². The van der Waals surface area contributed by atoms with Crippen LogP contribution in [0, 0.1) is 0 Å². The molecule has 0 amide bonds. The molecule has 0 radical (unpaired) electrons. The summed E-state index contributed by atoms with van der Waals surface area (Å²) in [6, 6.07) is 0.675. The van der Waals surface area contributed by atoms with E-state index in [0.717, 1.165) is 11.8 Å². The number of hydrogen-bond acceptors (Lipinski definition) is 4. The molecule has 0 heterocycles. The predicted octanol–water partition coefficient (Wildman–Crippen LogP) is 1.26. The lowest BCUT2D eigenvalue weighted by Crippen LogP contribution is -2.37. The summed E-state index contributed by atoms with van der Waals surface area (Å²) in [5, 5.41) is 12.9. The maximum absolute atomic E-state index is 8.53. The largest absolute Gasteiger partial charge is 0.394 e. The standard InChI is InChI=1S/C11H23NO2S/c1-15-11-4-2-3-10(9-11)12-5-7-14-8-6-13/h10-13H,2-9H2,1H3. The SMILES string of the molecule is CSC1CCCC(NCCOCCO)C1. The van der Waals surface area contributed by atoms with Gasteiger partial charge in [0.15, 0.2) is 0 Å². The monoisotopic (exact) mass is 233 g/mol. The topological polar surface area (TPSA) is 41.5 Å². The van der Waals surface area contributed by atoms with Crippen molar-refractivity contribution in [1.82, 2.24) is 5.32 Å². The molecule has 1 saturated carbocycles. The van der Waals surface area contributed by atoms with Crippen molar-refractivity contribution in [2.45, 2.75) is 37.0 Å². The number of thioether (sulfide) groups is 1. The summed E-state index contributed by atoms with van der Waals surface area (Å²) in [4.78, 5) is 0. The molecule has 0 aromatic heterocycles. The van der Waals surface area contributed by atoms with Crippen LogP contribution in [0.2, 0.25) is 0 Å². The zero-order valence-corrected chi connectivity index (χ0v) is 10.4. The van der Waals surface area contributed by atoms with Gasteiger partial charge in [-0.1, -0.05) is 6.42 Å². The molecular weight excluding hydrogens is 210 g/mol. The Bertz CT molecular complexity index is 158.